The van der Waals surface area contributed by atoms with Crippen molar-refractivity contribution in [3.63, 3.8) is 0 Å². The molecule has 6 atom stereocenters. The highest BCUT2D eigenvalue weighted by Gasteiger charge is 2.38. The van der Waals surface area contributed by atoms with Crippen molar-refractivity contribution < 1.29 is 43.8 Å². The van der Waals surface area contributed by atoms with E-state index in [0.717, 1.165) is 0 Å². The highest BCUT2D eigenvalue weighted by molar-refractivity contribution is 5.96. The second kappa shape index (κ2) is 20.3. The van der Waals surface area contributed by atoms with Crippen molar-refractivity contribution in [3.05, 3.63) is 35.9 Å². The largest absolute Gasteiger partial charge is 0.481 e. The Morgan fingerprint density at radius 2 is 1.64 bits per heavy atom. The zero-order valence-corrected chi connectivity index (χ0v) is 28.3. The molecule has 1 aromatic carbocycles. The molecule has 0 spiro atoms. The number of benzene rings is 1. The van der Waals surface area contributed by atoms with Crippen LogP contribution in [-0.2, 0) is 40.0 Å². The maximum atomic E-state index is 13.4. The van der Waals surface area contributed by atoms with E-state index in [-0.39, 0.29) is 43.6 Å². The molecule has 1 aromatic rings. The minimum absolute atomic E-state index is 0.0467. The van der Waals surface area contributed by atoms with E-state index in [2.05, 4.69) is 26.3 Å². The molecule has 18 heteroatoms. The van der Waals surface area contributed by atoms with E-state index >= 15 is 0 Å². The van der Waals surface area contributed by atoms with Crippen molar-refractivity contribution in [2.75, 3.05) is 19.6 Å². The fourth-order valence-electron chi connectivity index (χ4n) is 5.27. The average Bonchev–Trinajstić information content (AvgIpc) is 3.57. The van der Waals surface area contributed by atoms with Crippen molar-refractivity contribution in [1.82, 2.24) is 26.2 Å². The van der Waals surface area contributed by atoms with E-state index in [9.17, 15) is 43.8 Å². The molecule has 0 aromatic heterocycles. The molecule has 1 aliphatic heterocycles. The number of carbonyl (C=O) groups is 7. The van der Waals surface area contributed by atoms with Gasteiger partial charge in [0, 0.05) is 19.5 Å². The summed E-state index contributed by atoms with van der Waals surface area (Å²) in [6.07, 6.45) is 0.916. The Hall–Kier alpha value is -5.26. The van der Waals surface area contributed by atoms with Gasteiger partial charge in [0.15, 0.2) is 5.96 Å². The van der Waals surface area contributed by atoms with Crippen LogP contribution in [-0.4, -0.2) is 112 Å². The molecule has 0 aliphatic carbocycles. The summed E-state index contributed by atoms with van der Waals surface area (Å²) in [5, 5.41) is 28.4. The first-order chi connectivity index (χ1) is 23.6. The fraction of sp³-hybridized carbons (Fsp3) is 0.562. The lowest BCUT2D eigenvalue weighted by molar-refractivity contribution is -0.143. The highest BCUT2D eigenvalue weighted by atomic mass is 16.4. The van der Waals surface area contributed by atoms with Crippen LogP contribution >= 0.6 is 0 Å². The zero-order valence-electron chi connectivity index (χ0n) is 28.3. The zero-order chi connectivity index (χ0) is 37.4. The van der Waals surface area contributed by atoms with E-state index < -0.39 is 78.7 Å². The van der Waals surface area contributed by atoms with Crippen LogP contribution in [0.5, 0.6) is 0 Å². The number of nitrogens with one attached hydrogen (secondary N) is 4. The second-order valence-electron chi connectivity index (χ2n) is 12.1. The fourth-order valence-corrected chi connectivity index (χ4v) is 5.27. The maximum absolute atomic E-state index is 13.4. The van der Waals surface area contributed by atoms with Gasteiger partial charge in [0.05, 0.1) is 19.0 Å². The smallest absolute Gasteiger partial charge is 0.326 e. The number of aliphatic carboxylic acids is 2. The number of rotatable bonds is 20. The van der Waals surface area contributed by atoms with Crippen LogP contribution < -0.4 is 38.5 Å². The maximum Gasteiger partial charge on any atom is 0.326 e. The summed E-state index contributed by atoms with van der Waals surface area (Å²) < 4.78 is 0. The molecule has 12 N–H and O–H groups in total. The van der Waals surface area contributed by atoms with Crippen molar-refractivity contribution in [2.45, 2.75) is 89.0 Å². The van der Waals surface area contributed by atoms with Crippen LogP contribution in [0.25, 0.3) is 0 Å². The minimum atomic E-state index is -1.67. The standard InChI is InChI=1S/C32H49N9O9/c1-3-18(2)26(33)30(48)41-14-8-12-23(41)29(47)39-20(11-7-13-36-32(34)35)27(45)37-17-24(42)38-21(16-25(43)44)28(46)40-22(31(49)50)15-19-9-5-4-6-10-19/h4-6,9-10,18,20-23,26H,3,7-8,11-17,33H2,1-2H3,(H,37,45)(H,38,42)(H,39,47)(H,40,46)(H,43,44)(H,49,50)(H4,34,35,36). The highest BCUT2D eigenvalue weighted by Crippen LogP contribution is 2.21. The summed E-state index contributed by atoms with van der Waals surface area (Å²) >= 11 is 0. The summed E-state index contributed by atoms with van der Waals surface area (Å²) in [4.78, 5) is 94.0. The third-order valence-corrected chi connectivity index (χ3v) is 8.31. The number of amides is 5. The topological polar surface area (TPSA) is 302 Å². The Morgan fingerprint density at radius 3 is 2.24 bits per heavy atom. The van der Waals surface area contributed by atoms with Crippen molar-refractivity contribution >= 4 is 47.4 Å². The second-order valence-corrected chi connectivity index (χ2v) is 12.1. The Kier molecular flexibility index (Phi) is 16.6. The van der Waals surface area contributed by atoms with E-state index in [1.165, 1.54) is 4.90 Å². The Bertz CT molecular complexity index is 1390. The number of guanidine groups is 1. The van der Waals surface area contributed by atoms with Crippen molar-refractivity contribution in [1.29, 1.82) is 0 Å². The first kappa shape index (κ1) is 40.9. The van der Waals surface area contributed by atoms with Gasteiger partial charge in [0.2, 0.25) is 29.5 Å². The summed E-state index contributed by atoms with van der Waals surface area (Å²) in [5.41, 5.74) is 17.5. The number of carboxylic acids is 2. The molecule has 2 rings (SSSR count). The van der Waals surface area contributed by atoms with Crippen LogP contribution in [0.3, 0.4) is 0 Å². The number of carbonyl (C=O) groups excluding carboxylic acids is 5. The molecule has 0 radical (unpaired) electrons. The van der Waals surface area contributed by atoms with Gasteiger partial charge in [-0.05, 0) is 37.2 Å². The molecule has 1 saturated heterocycles. The van der Waals surface area contributed by atoms with Gasteiger partial charge in [0.1, 0.15) is 24.2 Å². The van der Waals surface area contributed by atoms with E-state index in [1.54, 1.807) is 30.3 Å². The van der Waals surface area contributed by atoms with E-state index in [4.69, 9.17) is 17.2 Å². The van der Waals surface area contributed by atoms with Gasteiger partial charge in [0.25, 0.3) is 0 Å². The van der Waals surface area contributed by atoms with Crippen LogP contribution in [0, 0.1) is 5.92 Å². The number of aliphatic imine (C=N–C) groups is 1. The van der Waals surface area contributed by atoms with E-state index in [0.29, 0.717) is 31.4 Å². The summed E-state index contributed by atoms with van der Waals surface area (Å²) in [6.45, 7) is 3.49. The van der Waals surface area contributed by atoms with Crippen LogP contribution in [0.2, 0.25) is 0 Å². The Balaban J connectivity index is 2.10. The lowest BCUT2D eigenvalue weighted by Crippen LogP contribution is -2.57. The Labute approximate surface area is 290 Å². The number of carboxylic acid groups (broad SMARTS) is 2. The monoisotopic (exact) mass is 703 g/mol. The van der Waals surface area contributed by atoms with Gasteiger partial charge in [-0.15, -0.1) is 0 Å². The van der Waals surface area contributed by atoms with E-state index in [1.807, 2.05) is 13.8 Å². The van der Waals surface area contributed by atoms with Gasteiger partial charge in [-0.3, -0.25) is 33.8 Å². The lowest BCUT2D eigenvalue weighted by atomic mass is 9.98. The normalized spacial score (nSPS) is 16.9. The molecule has 1 heterocycles. The molecule has 18 nitrogen and oxygen atoms in total. The van der Waals surface area contributed by atoms with Gasteiger partial charge in [-0.1, -0.05) is 50.6 Å². The predicted molar refractivity (Wildman–Crippen MR) is 181 cm³/mol. The van der Waals surface area contributed by atoms with Crippen molar-refractivity contribution in [2.24, 2.45) is 28.1 Å². The minimum Gasteiger partial charge on any atom is -0.481 e. The van der Waals surface area contributed by atoms with Crippen LogP contribution in [0.4, 0.5) is 0 Å². The molecule has 50 heavy (non-hydrogen) atoms. The van der Waals surface area contributed by atoms with Gasteiger partial charge in [-0.2, -0.15) is 0 Å². The lowest BCUT2D eigenvalue weighted by Gasteiger charge is -2.30. The molecule has 0 saturated carbocycles. The van der Waals surface area contributed by atoms with Crippen molar-refractivity contribution in [3.8, 4) is 0 Å². The van der Waals surface area contributed by atoms with Crippen LogP contribution in [0.15, 0.2) is 35.3 Å². The molecule has 6 unspecified atom stereocenters. The number of hydrogen-bond acceptors (Lipinski definition) is 9. The Morgan fingerprint density at radius 1 is 0.960 bits per heavy atom. The third kappa shape index (κ3) is 13.3. The molecule has 5 amide bonds. The third-order valence-electron chi connectivity index (χ3n) is 8.31. The van der Waals surface area contributed by atoms with Gasteiger partial charge in [-0.25, -0.2) is 4.79 Å². The molecule has 276 valence electrons. The quantitative estimate of drug-likeness (QED) is 0.0396. The molecular formula is C32H49N9O9. The van der Waals surface area contributed by atoms with Crippen LogP contribution in [0.1, 0.15) is 57.9 Å². The number of nitrogens with two attached hydrogens (primary N) is 3. The van der Waals surface area contributed by atoms with Gasteiger partial charge >= 0.3 is 11.9 Å². The molecule has 0 bridgehead atoms. The van der Waals surface area contributed by atoms with Gasteiger partial charge < -0.3 is 53.6 Å². The number of likely N-dealkylation sites (tertiary alicyclic amines) is 1. The molecule has 1 fully saturated rings. The summed E-state index contributed by atoms with van der Waals surface area (Å²) in [6, 6.07) is 2.50. The molecular weight excluding hydrogens is 654 g/mol. The first-order valence-corrected chi connectivity index (χ1v) is 16.4. The predicted octanol–water partition coefficient (Wildman–Crippen LogP) is -2.22. The molecule has 1 aliphatic rings. The average molecular weight is 704 g/mol. The summed E-state index contributed by atoms with van der Waals surface area (Å²) in [5.74, 6) is -6.82. The number of hydrogen-bond donors (Lipinski definition) is 9. The number of nitrogens with zero attached hydrogens (tertiary/aromatic N) is 2. The first-order valence-electron chi connectivity index (χ1n) is 16.4. The SMILES string of the molecule is CCC(C)C(N)C(=O)N1CCCC1C(=O)NC(CCCN=C(N)N)C(=O)NCC(=O)NC(CC(=O)O)C(=O)NC(Cc1ccccc1)C(=O)O. The summed E-state index contributed by atoms with van der Waals surface area (Å²) in [7, 11) is 0.